The second-order valence-corrected chi connectivity index (χ2v) is 4.70. The van der Waals surface area contributed by atoms with Gasteiger partial charge in [0.25, 0.3) is 0 Å². The van der Waals surface area contributed by atoms with Gasteiger partial charge in [0.05, 0.1) is 0 Å². The molecule has 1 heterocycles. The van der Waals surface area contributed by atoms with Crippen molar-refractivity contribution in [2.45, 2.75) is 12.8 Å². The Morgan fingerprint density at radius 2 is 1.88 bits per heavy atom. The van der Waals surface area contributed by atoms with Crippen molar-refractivity contribution in [3.05, 3.63) is 30.3 Å². The number of benzene rings is 1. The van der Waals surface area contributed by atoms with Gasteiger partial charge < -0.3 is 15.5 Å². The molecule has 0 radical (unpaired) electrons. The fraction of sp³-hybridized carbons (Fsp3) is 0.462. The third-order valence-corrected chi connectivity index (χ3v) is 3.19. The molecule has 0 saturated carbocycles. The number of para-hydroxylation sites is 1. The summed E-state index contributed by atoms with van der Waals surface area (Å²) < 4.78 is 0. The lowest BCUT2D eigenvalue weighted by Gasteiger charge is -2.16. The zero-order valence-electron chi connectivity index (χ0n) is 9.98. The standard InChI is InChI=1S/C13H19N3S/c17-13(15-12-6-2-1-3-7-12)14-8-11-16-9-4-5-10-16/h1-3,6-7H,4-5,8-11H2,(H2,14,15,17). The minimum atomic E-state index is 0.704. The van der Waals surface area contributed by atoms with Crippen molar-refractivity contribution in [3.8, 4) is 0 Å². The summed E-state index contributed by atoms with van der Waals surface area (Å²) in [7, 11) is 0. The molecule has 1 aromatic carbocycles. The minimum Gasteiger partial charge on any atom is -0.361 e. The highest BCUT2D eigenvalue weighted by molar-refractivity contribution is 7.80. The Labute approximate surface area is 108 Å². The van der Waals surface area contributed by atoms with Gasteiger partial charge >= 0.3 is 0 Å². The quantitative estimate of drug-likeness (QED) is 0.799. The number of likely N-dealkylation sites (tertiary alicyclic amines) is 1. The van der Waals surface area contributed by atoms with Crippen LogP contribution in [0.2, 0.25) is 0 Å². The van der Waals surface area contributed by atoms with Crippen LogP contribution in [0.3, 0.4) is 0 Å². The molecule has 3 nitrogen and oxygen atoms in total. The van der Waals surface area contributed by atoms with E-state index in [1.54, 1.807) is 0 Å². The van der Waals surface area contributed by atoms with Gasteiger partial charge in [0, 0.05) is 18.8 Å². The SMILES string of the molecule is S=C(NCCN1CCCC1)Nc1ccccc1. The number of nitrogens with one attached hydrogen (secondary N) is 2. The van der Waals surface area contributed by atoms with Gasteiger partial charge in [0.1, 0.15) is 0 Å². The zero-order valence-corrected chi connectivity index (χ0v) is 10.8. The van der Waals surface area contributed by atoms with Crippen LogP contribution in [-0.4, -0.2) is 36.2 Å². The lowest BCUT2D eigenvalue weighted by Crippen LogP contribution is -2.35. The predicted octanol–water partition coefficient (Wildman–Crippen LogP) is 2.07. The molecule has 17 heavy (non-hydrogen) atoms. The first-order valence-corrected chi connectivity index (χ1v) is 6.58. The summed E-state index contributed by atoms with van der Waals surface area (Å²) >= 11 is 5.24. The first kappa shape index (κ1) is 12.3. The fourth-order valence-corrected chi connectivity index (χ4v) is 2.25. The molecule has 2 rings (SSSR count). The lowest BCUT2D eigenvalue weighted by molar-refractivity contribution is 0.344. The van der Waals surface area contributed by atoms with Crippen LogP contribution in [0.25, 0.3) is 0 Å². The highest BCUT2D eigenvalue weighted by Gasteiger charge is 2.10. The molecule has 0 amide bonds. The zero-order chi connectivity index (χ0) is 11.9. The van der Waals surface area contributed by atoms with Crippen LogP contribution in [0.5, 0.6) is 0 Å². The molecule has 0 aromatic heterocycles. The molecule has 1 aliphatic rings. The molecule has 0 aliphatic carbocycles. The highest BCUT2D eigenvalue weighted by Crippen LogP contribution is 2.06. The summed E-state index contributed by atoms with van der Waals surface area (Å²) in [6, 6.07) is 10.0. The molecule has 2 N–H and O–H groups in total. The van der Waals surface area contributed by atoms with Gasteiger partial charge in [-0.2, -0.15) is 0 Å². The van der Waals surface area contributed by atoms with Gasteiger partial charge in [0.15, 0.2) is 5.11 Å². The van der Waals surface area contributed by atoms with Gasteiger partial charge in [-0.3, -0.25) is 0 Å². The van der Waals surface area contributed by atoms with E-state index < -0.39 is 0 Å². The molecule has 1 aliphatic heterocycles. The van der Waals surface area contributed by atoms with E-state index in [4.69, 9.17) is 12.2 Å². The molecule has 1 aromatic rings. The Kier molecular flexibility index (Phi) is 4.76. The minimum absolute atomic E-state index is 0.704. The second kappa shape index (κ2) is 6.57. The molecule has 1 fully saturated rings. The van der Waals surface area contributed by atoms with E-state index >= 15 is 0 Å². The van der Waals surface area contributed by atoms with E-state index in [0.29, 0.717) is 5.11 Å². The molecule has 1 saturated heterocycles. The largest absolute Gasteiger partial charge is 0.361 e. The maximum absolute atomic E-state index is 5.24. The predicted molar refractivity (Wildman–Crippen MR) is 76.3 cm³/mol. The van der Waals surface area contributed by atoms with Crippen molar-refractivity contribution in [3.63, 3.8) is 0 Å². The number of thiocarbonyl (C=S) groups is 1. The molecule has 0 unspecified atom stereocenters. The van der Waals surface area contributed by atoms with Crippen molar-refractivity contribution in [2.24, 2.45) is 0 Å². The summed E-state index contributed by atoms with van der Waals surface area (Å²) in [6.45, 7) is 4.47. The maximum Gasteiger partial charge on any atom is 0.170 e. The monoisotopic (exact) mass is 249 g/mol. The Hall–Kier alpha value is -1.13. The van der Waals surface area contributed by atoms with Crippen molar-refractivity contribution in [1.29, 1.82) is 0 Å². The van der Waals surface area contributed by atoms with E-state index in [-0.39, 0.29) is 0 Å². The number of rotatable bonds is 4. The van der Waals surface area contributed by atoms with E-state index in [0.717, 1.165) is 18.8 Å². The van der Waals surface area contributed by atoms with Gasteiger partial charge in [-0.05, 0) is 50.3 Å². The molecule has 0 spiro atoms. The second-order valence-electron chi connectivity index (χ2n) is 4.30. The molecular weight excluding hydrogens is 230 g/mol. The average Bonchev–Trinajstić information content (AvgIpc) is 2.83. The first-order valence-electron chi connectivity index (χ1n) is 6.17. The van der Waals surface area contributed by atoms with Gasteiger partial charge in [0.2, 0.25) is 0 Å². The van der Waals surface area contributed by atoms with Crippen LogP contribution in [0.15, 0.2) is 30.3 Å². The molecule has 4 heteroatoms. The summed E-state index contributed by atoms with van der Waals surface area (Å²) in [5, 5.41) is 7.11. The van der Waals surface area contributed by atoms with E-state index in [9.17, 15) is 0 Å². The van der Waals surface area contributed by atoms with Gasteiger partial charge in [-0.25, -0.2) is 0 Å². The smallest absolute Gasteiger partial charge is 0.170 e. The van der Waals surface area contributed by atoms with Crippen LogP contribution >= 0.6 is 12.2 Å². The average molecular weight is 249 g/mol. The summed E-state index contributed by atoms with van der Waals surface area (Å²) in [5.41, 5.74) is 1.03. The van der Waals surface area contributed by atoms with E-state index in [2.05, 4.69) is 15.5 Å². The number of hydrogen-bond acceptors (Lipinski definition) is 2. The van der Waals surface area contributed by atoms with Crippen molar-refractivity contribution < 1.29 is 0 Å². The van der Waals surface area contributed by atoms with Crippen molar-refractivity contribution >= 4 is 23.0 Å². The maximum atomic E-state index is 5.24. The Morgan fingerprint density at radius 1 is 1.18 bits per heavy atom. The van der Waals surface area contributed by atoms with Crippen molar-refractivity contribution in [1.82, 2.24) is 10.2 Å². The van der Waals surface area contributed by atoms with E-state index in [1.807, 2.05) is 30.3 Å². The summed E-state index contributed by atoms with van der Waals surface area (Å²) in [5.74, 6) is 0. The van der Waals surface area contributed by atoms with Crippen molar-refractivity contribution in [2.75, 3.05) is 31.5 Å². The number of hydrogen-bond donors (Lipinski definition) is 2. The van der Waals surface area contributed by atoms with Crippen LogP contribution in [0, 0.1) is 0 Å². The summed E-state index contributed by atoms with van der Waals surface area (Å²) in [4.78, 5) is 2.47. The van der Waals surface area contributed by atoms with Gasteiger partial charge in [-0.1, -0.05) is 18.2 Å². The first-order chi connectivity index (χ1) is 8.34. The third kappa shape index (κ3) is 4.32. The van der Waals surface area contributed by atoms with Gasteiger partial charge in [-0.15, -0.1) is 0 Å². The van der Waals surface area contributed by atoms with Crippen LogP contribution < -0.4 is 10.6 Å². The van der Waals surface area contributed by atoms with Crippen LogP contribution in [0.1, 0.15) is 12.8 Å². The number of nitrogens with zero attached hydrogens (tertiary/aromatic N) is 1. The normalized spacial score (nSPS) is 15.8. The Bertz CT molecular complexity index is 347. The summed E-state index contributed by atoms with van der Waals surface area (Å²) in [6.07, 6.45) is 2.68. The molecule has 0 bridgehead atoms. The Balaban J connectivity index is 1.64. The third-order valence-electron chi connectivity index (χ3n) is 2.94. The molecule has 92 valence electrons. The topological polar surface area (TPSA) is 27.3 Å². The molecular formula is C13H19N3S. The highest BCUT2D eigenvalue weighted by atomic mass is 32.1. The molecule has 0 atom stereocenters. The lowest BCUT2D eigenvalue weighted by atomic mass is 10.3. The van der Waals surface area contributed by atoms with E-state index in [1.165, 1.54) is 25.9 Å². The number of anilines is 1. The fourth-order valence-electron chi connectivity index (χ4n) is 2.03. The van der Waals surface area contributed by atoms with Crippen LogP contribution in [-0.2, 0) is 0 Å². The Morgan fingerprint density at radius 3 is 2.59 bits per heavy atom. The van der Waals surface area contributed by atoms with Crippen LogP contribution in [0.4, 0.5) is 5.69 Å².